The number of urea groups is 1. The molecule has 5 nitrogen and oxygen atoms in total. The van der Waals surface area contributed by atoms with Crippen LogP contribution in [-0.4, -0.2) is 47.3 Å². The van der Waals surface area contributed by atoms with Gasteiger partial charge >= 0.3 is 6.03 Å². The van der Waals surface area contributed by atoms with E-state index in [-0.39, 0.29) is 30.3 Å². The molecule has 0 radical (unpaired) electrons. The highest BCUT2D eigenvalue weighted by atomic mass is 16.3. The molecular weight excluding hydrogens is 314 g/mol. The van der Waals surface area contributed by atoms with Crippen LogP contribution in [0.2, 0.25) is 0 Å². The first kappa shape index (κ1) is 19.7. The van der Waals surface area contributed by atoms with Gasteiger partial charge in [0, 0.05) is 31.3 Å². The molecule has 1 atom stereocenters. The van der Waals surface area contributed by atoms with Gasteiger partial charge in [0.2, 0.25) is 0 Å². The van der Waals surface area contributed by atoms with E-state index >= 15 is 0 Å². The van der Waals surface area contributed by atoms with Crippen LogP contribution in [0.25, 0.3) is 0 Å². The number of likely N-dealkylation sites (tertiary alicyclic amines) is 1. The van der Waals surface area contributed by atoms with E-state index in [1.165, 1.54) is 0 Å². The molecule has 1 aromatic rings. The number of aliphatic hydroxyl groups is 1. The Morgan fingerprint density at radius 3 is 2.44 bits per heavy atom. The second kappa shape index (κ2) is 9.20. The molecule has 5 heteroatoms. The van der Waals surface area contributed by atoms with Gasteiger partial charge in [-0.25, -0.2) is 4.79 Å². The SMILES string of the molecule is CC(C)(C)N1CCC(NC(=O)NC(CCCO)c2ccccc2)CC1. The van der Waals surface area contributed by atoms with Crippen molar-refractivity contribution in [2.45, 2.75) is 64.1 Å². The van der Waals surface area contributed by atoms with E-state index in [0.29, 0.717) is 6.42 Å². The van der Waals surface area contributed by atoms with Crippen molar-refractivity contribution in [1.29, 1.82) is 0 Å². The van der Waals surface area contributed by atoms with Crippen molar-refractivity contribution in [2.75, 3.05) is 19.7 Å². The highest BCUT2D eigenvalue weighted by molar-refractivity contribution is 5.74. The summed E-state index contributed by atoms with van der Waals surface area (Å²) in [6.07, 6.45) is 3.37. The summed E-state index contributed by atoms with van der Waals surface area (Å²) in [5.41, 5.74) is 1.27. The molecule has 1 saturated heterocycles. The summed E-state index contributed by atoms with van der Waals surface area (Å²) in [5, 5.41) is 15.3. The third-order valence-electron chi connectivity index (χ3n) is 4.94. The van der Waals surface area contributed by atoms with Gasteiger partial charge in [-0.15, -0.1) is 0 Å². The zero-order valence-corrected chi connectivity index (χ0v) is 15.8. The Morgan fingerprint density at radius 2 is 1.88 bits per heavy atom. The van der Waals surface area contributed by atoms with Gasteiger partial charge in [-0.3, -0.25) is 4.90 Å². The first-order valence-corrected chi connectivity index (χ1v) is 9.38. The average Bonchev–Trinajstić information content (AvgIpc) is 2.59. The number of amides is 2. The number of carbonyl (C=O) groups excluding carboxylic acids is 1. The second-order valence-electron chi connectivity index (χ2n) is 7.88. The topological polar surface area (TPSA) is 64.6 Å². The summed E-state index contributed by atoms with van der Waals surface area (Å²) >= 11 is 0. The first-order chi connectivity index (χ1) is 11.9. The number of hydrogen-bond donors (Lipinski definition) is 3. The molecule has 0 spiro atoms. The van der Waals surface area contributed by atoms with Gasteiger partial charge in [0.25, 0.3) is 0 Å². The van der Waals surface area contributed by atoms with E-state index in [0.717, 1.165) is 37.9 Å². The molecule has 0 bridgehead atoms. The third kappa shape index (κ3) is 6.33. The summed E-state index contributed by atoms with van der Waals surface area (Å²) in [7, 11) is 0. The van der Waals surface area contributed by atoms with Crippen molar-refractivity contribution in [3.63, 3.8) is 0 Å². The molecular formula is C20H33N3O2. The van der Waals surface area contributed by atoms with Crippen LogP contribution in [0, 0.1) is 0 Å². The van der Waals surface area contributed by atoms with Crippen LogP contribution in [0.15, 0.2) is 30.3 Å². The van der Waals surface area contributed by atoms with Gasteiger partial charge < -0.3 is 15.7 Å². The molecule has 0 saturated carbocycles. The molecule has 1 aliphatic rings. The van der Waals surface area contributed by atoms with Gasteiger partial charge in [-0.2, -0.15) is 0 Å². The lowest BCUT2D eigenvalue weighted by molar-refractivity contribution is 0.0976. The summed E-state index contributed by atoms with van der Waals surface area (Å²) in [4.78, 5) is 14.9. The van der Waals surface area contributed by atoms with Crippen molar-refractivity contribution >= 4 is 6.03 Å². The Morgan fingerprint density at radius 1 is 1.24 bits per heavy atom. The maximum absolute atomic E-state index is 12.4. The number of aliphatic hydroxyl groups excluding tert-OH is 1. The lowest BCUT2D eigenvalue weighted by atomic mass is 9.98. The number of carbonyl (C=O) groups is 1. The molecule has 1 fully saturated rings. The fraction of sp³-hybridized carbons (Fsp3) is 0.650. The van der Waals surface area contributed by atoms with Crippen molar-refractivity contribution in [3.05, 3.63) is 35.9 Å². The Labute approximate surface area is 151 Å². The van der Waals surface area contributed by atoms with Gasteiger partial charge in [-0.05, 0) is 52.0 Å². The van der Waals surface area contributed by atoms with Gasteiger partial charge in [0.15, 0.2) is 0 Å². The van der Waals surface area contributed by atoms with Crippen LogP contribution >= 0.6 is 0 Å². The molecule has 2 rings (SSSR count). The summed E-state index contributed by atoms with van der Waals surface area (Å²) in [6, 6.07) is 10.0. The molecule has 2 amide bonds. The minimum atomic E-state index is -0.110. The van der Waals surface area contributed by atoms with Crippen LogP contribution in [0.1, 0.15) is 58.1 Å². The number of piperidine rings is 1. The molecule has 0 aliphatic carbocycles. The quantitative estimate of drug-likeness (QED) is 0.741. The van der Waals surface area contributed by atoms with E-state index in [4.69, 9.17) is 5.11 Å². The Balaban J connectivity index is 1.85. The fourth-order valence-corrected chi connectivity index (χ4v) is 3.38. The standard InChI is InChI=1S/C20H33N3O2/c1-20(2,3)23-13-11-17(12-14-23)21-19(25)22-18(10-7-15-24)16-8-5-4-6-9-16/h4-6,8-9,17-18,24H,7,10-15H2,1-3H3,(H2,21,22,25). The van der Waals surface area contributed by atoms with E-state index < -0.39 is 0 Å². The lowest BCUT2D eigenvalue weighted by Gasteiger charge is -2.41. The monoisotopic (exact) mass is 347 g/mol. The van der Waals surface area contributed by atoms with Gasteiger partial charge in [-0.1, -0.05) is 30.3 Å². The van der Waals surface area contributed by atoms with Gasteiger partial charge in [0.05, 0.1) is 6.04 Å². The van der Waals surface area contributed by atoms with E-state index in [1.54, 1.807) is 0 Å². The van der Waals surface area contributed by atoms with Crippen molar-refractivity contribution < 1.29 is 9.90 Å². The molecule has 1 heterocycles. The van der Waals surface area contributed by atoms with Crippen LogP contribution in [0.5, 0.6) is 0 Å². The number of rotatable bonds is 6. The van der Waals surface area contributed by atoms with E-state index in [1.807, 2.05) is 30.3 Å². The normalized spacial score (nSPS) is 17.9. The predicted octanol–water partition coefficient (Wildman–Crippen LogP) is 3.06. The highest BCUT2D eigenvalue weighted by Crippen LogP contribution is 2.21. The Bertz CT molecular complexity index is 519. The molecule has 1 aromatic carbocycles. The average molecular weight is 348 g/mol. The van der Waals surface area contributed by atoms with Crippen molar-refractivity contribution in [3.8, 4) is 0 Å². The molecule has 1 unspecified atom stereocenters. The van der Waals surface area contributed by atoms with Gasteiger partial charge in [0.1, 0.15) is 0 Å². The van der Waals surface area contributed by atoms with Crippen LogP contribution in [0.4, 0.5) is 4.79 Å². The highest BCUT2D eigenvalue weighted by Gasteiger charge is 2.27. The fourth-order valence-electron chi connectivity index (χ4n) is 3.38. The molecule has 3 N–H and O–H groups in total. The minimum absolute atomic E-state index is 0.0667. The van der Waals surface area contributed by atoms with Crippen molar-refractivity contribution in [2.24, 2.45) is 0 Å². The number of hydrogen-bond acceptors (Lipinski definition) is 3. The molecule has 25 heavy (non-hydrogen) atoms. The zero-order valence-electron chi connectivity index (χ0n) is 15.8. The zero-order chi connectivity index (χ0) is 18.3. The van der Waals surface area contributed by atoms with Crippen molar-refractivity contribution in [1.82, 2.24) is 15.5 Å². The maximum atomic E-state index is 12.4. The smallest absolute Gasteiger partial charge is 0.315 e. The largest absolute Gasteiger partial charge is 0.396 e. The summed E-state index contributed by atoms with van der Waals surface area (Å²) in [6.45, 7) is 8.87. The summed E-state index contributed by atoms with van der Waals surface area (Å²) in [5.74, 6) is 0. The number of nitrogens with one attached hydrogen (secondary N) is 2. The molecule has 1 aliphatic heterocycles. The number of benzene rings is 1. The molecule has 140 valence electrons. The van der Waals surface area contributed by atoms with Crippen LogP contribution in [0.3, 0.4) is 0 Å². The molecule has 0 aromatic heterocycles. The maximum Gasteiger partial charge on any atom is 0.315 e. The first-order valence-electron chi connectivity index (χ1n) is 9.38. The van der Waals surface area contributed by atoms with E-state index in [2.05, 4.69) is 36.3 Å². The van der Waals surface area contributed by atoms with E-state index in [9.17, 15) is 4.79 Å². The summed E-state index contributed by atoms with van der Waals surface area (Å²) < 4.78 is 0. The Kier molecular flexibility index (Phi) is 7.26. The van der Waals surface area contributed by atoms with Crippen LogP contribution < -0.4 is 10.6 Å². The second-order valence-corrected chi connectivity index (χ2v) is 7.88. The Hall–Kier alpha value is -1.59. The third-order valence-corrected chi connectivity index (χ3v) is 4.94. The van der Waals surface area contributed by atoms with Crippen LogP contribution in [-0.2, 0) is 0 Å². The lowest BCUT2D eigenvalue weighted by Crippen LogP contribution is -2.52. The predicted molar refractivity (Wildman–Crippen MR) is 102 cm³/mol. The number of nitrogens with zero attached hydrogens (tertiary/aromatic N) is 1. The minimum Gasteiger partial charge on any atom is -0.396 e.